The minimum Gasteiger partial charge on any atom is -0.192 e. The molecule has 0 aliphatic heterocycles. The molecule has 1 saturated carbocycles. The van der Waals surface area contributed by atoms with E-state index in [1.807, 2.05) is 6.07 Å². The van der Waals surface area contributed by atoms with Crippen molar-refractivity contribution >= 4 is 0 Å². The fraction of sp³-hybridized carbons (Fsp3) is 0.531. The smallest absolute Gasteiger partial charge is 0.0994 e. The number of hydrogen-bond donors (Lipinski definition) is 0. The van der Waals surface area contributed by atoms with Gasteiger partial charge in [-0.3, -0.25) is 0 Å². The van der Waals surface area contributed by atoms with E-state index in [1.165, 1.54) is 75.3 Å². The Balaban J connectivity index is 1.48. The van der Waals surface area contributed by atoms with Crippen molar-refractivity contribution < 1.29 is 0 Å². The van der Waals surface area contributed by atoms with Crippen LogP contribution in [0.1, 0.15) is 118 Å². The highest BCUT2D eigenvalue weighted by atomic mass is 14.3. The first kappa shape index (κ1) is 25.1. The average molecular weight is 440 g/mol. The Hall–Kier alpha value is -2.51. The van der Waals surface area contributed by atoms with Gasteiger partial charge in [0.2, 0.25) is 0 Å². The van der Waals surface area contributed by atoms with Gasteiger partial charge >= 0.3 is 0 Å². The van der Waals surface area contributed by atoms with Crippen LogP contribution in [0.15, 0.2) is 42.5 Å². The lowest BCUT2D eigenvalue weighted by Gasteiger charge is -2.26. The zero-order valence-corrected chi connectivity index (χ0v) is 20.8. The van der Waals surface area contributed by atoms with E-state index >= 15 is 0 Å². The molecule has 0 heterocycles. The predicted molar refractivity (Wildman–Crippen MR) is 140 cm³/mol. The third-order valence-corrected chi connectivity index (χ3v) is 7.20. The first-order valence-electron chi connectivity index (χ1n) is 13.4. The summed E-state index contributed by atoms with van der Waals surface area (Å²) in [5.74, 6) is 8.04. The molecule has 0 N–H and O–H groups in total. The third kappa shape index (κ3) is 8.09. The lowest BCUT2D eigenvalue weighted by Crippen LogP contribution is -2.12. The largest absolute Gasteiger partial charge is 0.192 e. The lowest BCUT2D eigenvalue weighted by atomic mass is 9.78. The van der Waals surface area contributed by atoms with Crippen LogP contribution in [-0.4, -0.2) is 0 Å². The van der Waals surface area contributed by atoms with Crippen LogP contribution in [0.2, 0.25) is 0 Å². The Morgan fingerprint density at radius 3 is 2.21 bits per heavy atom. The number of aryl methyl sites for hydroxylation is 2. The first-order chi connectivity index (χ1) is 16.2. The summed E-state index contributed by atoms with van der Waals surface area (Å²) in [6, 6.07) is 18.0. The van der Waals surface area contributed by atoms with Crippen LogP contribution < -0.4 is 0 Å². The van der Waals surface area contributed by atoms with Gasteiger partial charge in [-0.1, -0.05) is 88.1 Å². The molecule has 2 aromatic carbocycles. The summed E-state index contributed by atoms with van der Waals surface area (Å²) >= 11 is 0. The van der Waals surface area contributed by atoms with Gasteiger partial charge in [-0.25, -0.2) is 0 Å². The van der Waals surface area contributed by atoms with Gasteiger partial charge in [-0.2, -0.15) is 5.26 Å². The second kappa shape index (κ2) is 13.9. The molecule has 0 spiro atoms. The predicted octanol–water partition coefficient (Wildman–Crippen LogP) is 8.74. The third-order valence-electron chi connectivity index (χ3n) is 7.20. The molecule has 0 amide bonds. The number of hydrogen-bond acceptors (Lipinski definition) is 1. The molecule has 0 bridgehead atoms. The van der Waals surface area contributed by atoms with Gasteiger partial charge in [0.1, 0.15) is 0 Å². The molecular formula is C32H41N. The van der Waals surface area contributed by atoms with Crippen molar-refractivity contribution in [2.75, 3.05) is 0 Å². The molecule has 0 unspecified atom stereocenters. The van der Waals surface area contributed by atoms with E-state index in [0.717, 1.165) is 36.0 Å². The van der Waals surface area contributed by atoms with Crippen LogP contribution in [0.4, 0.5) is 0 Å². The second-order valence-corrected chi connectivity index (χ2v) is 9.81. The Morgan fingerprint density at radius 2 is 1.52 bits per heavy atom. The maximum Gasteiger partial charge on any atom is 0.0994 e. The topological polar surface area (TPSA) is 23.8 Å². The van der Waals surface area contributed by atoms with Crippen LogP contribution in [0.3, 0.4) is 0 Å². The second-order valence-electron chi connectivity index (χ2n) is 9.81. The van der Waals surface area contributed by atoms with E-state index in [0.29, 0.717) is 11.8 Å². The maximum absolute atomic E-state index is 9.49. The van der Waals surface area contributed by atoms with Crippen LogP contribution >= 0.6 is 0 Å². The van der Waals surface area contributed by atoms with Gasteiger partial charge in [0, 0.05) is 11.5 Å². The molecule has 174 valence electrons. The standard InChI is InChI=1S/C32H41N/c1-3-5-7-8-9-10-26-14-19-30(20-15-26)31-21-16-27(17-22-31)12-13-28-18-23-29(11-6-4-2)32(24-28)25-33/h14-15,18-20,23-24,27,31H,3-11,16-17,21-22H2,1-2H3. The average Bonchev–Trinajstić information content (AvgIpc) is 2.87. The molecule has 1 nitrogen and oxygen atoms in total. The van der Waals surface area contributed by atoms with E-state index in [-0.39, 0.29) is 0 Å². The number of nitriles is 1. The van der Waals surface area contributed by atoms with Gasteiger partial charge in [0.05, 0.1) is 11.6 Å². The Bertz CT molecular complexity index is 943. The molecule has 1 heteroatoms. The highest BCUT2D eigenvalue weighted by Gasteiger charge is 2.21. The van der Waals surface area contributed by atoms with Crippen molar-refractivity contribution in [1.82, 2.24) is 0 Å². The molecule has 33 heavy (non-hydrogen) atoms. The minimum atomic E-state index is 0.481. The summed E-state index contributed by atoms with van der Waals surface area (Å²) in [6.45, 7) is 4.46. The minimum absolute atomic E-state index is 0.481. The summed E-state index contributed by atoms with van der Waals surface area (Å²) in [5, 5.41) is 9.49. The molecule has 1 aliphatic rings. The van der Waals surface area contributed by atoms with Gasteiger partial charge in [0.25, 0.3) is 0 Å². The van der Waals surface area contributed by atoms with Crippen LogP contribution in [0.25, 0.3) is 0 Å². The number of unbranched alkanes of at least 4 members (excludes halogenated alkanes) is 5. The number of nitrogens with zero attached hydrogens (tertiary/aromatic N) is 1. The Labute approximate surface area is 202 Å². The monoisotopic (exact) mass is 439 g/mol. The van der Waals surface area contributed by atoms with E-state index in [9.17, 15) is 5.26 Å². The van der Waals surface area contributed by atoms with Crippen molar-refractivity contribution in [2.45, 2.75) is 103 Å². The normalized spacial score (nSPS) is 17.7. The number of benzene rings is 2. The van der Waals surface area contributed by atoms with Crippen LogP contribution in [0, 0.1) is 29.1 Å². The van der Waals surface area contributed by atoms with E-state index in [2.05, 4.69) is 68.2 Å². The Morgan fingerprint density at radius 1 is 0.788 bits per heavy atom. The van der Waals surface area contributed by atoms with E-state index in [1.54, 1.807) is 0 Å². The molecule has 2 aromatic rings. The van der Waals surface area contributed by atoms with Crippen LogP contribution in [-0.2, 0) is 12.8 Å². The summed E-state index contributed by atoms with van der Waals surface area (Å²) in [7, 11) is 0. The van der Waals surface area contributed by atoms with Crippen molar-refractivity contribution in [3.63, 3.8) is 0 Å². The summed E-state index contributed by atoms with van der Waals surface area (Å²) in [4.78, 5) is 0. The van der Waals surface area contributed by atoms with Crippen molar-refractivity contribution in [3.8, 4) is 17.9 Å². The molecule has 3 rings (SSSR count). The highest BCUT2D eigenvalue weighted by molar-refractivity contribution is 5.46. The van der Waals surface area contributed by atoms with Crippen molar-refractivity contribution in [3.05, 3.63) is 70.3 Å². The summed E-state index contributed by atoms with van der Waals surface area (Å²) in [5.41, 5.74) is 5.94. The van der Waals surface area contributed by atoms with Gasteiger partial charge in [-0.05, 0) is 86.1 Å². The quantitative estimate of drug-likeness (QED) is 0.268. The fourth-order valence-corrected chi connectivity index (χ4v) is 4.99. The molecule has 0 aromatic heterocycles. The van der Waals surface area contributed by atoms with Crippen molar-refractivity contribution in [2.24, 2.45) is 5.92 Å². The molecule has 0 atom stereocenters. The molecule has 0 saturated heterocycles. The highest BCUT2D eigenvalue weighted by Crippen LogP contribution is 2.35. The summed E-state index contributed by atoms with van der Waals surface area (Å²) < 4.78 is 0. The molecule has 1 fully saturated rings. The van der Waals surface area contributed by atoms with Gasteiger partial charge in [0.15, 0.2) is 0 Å². The fourth-order valence-electron chi connectivity index (χ4n) is 4.99. The molecular weight excluding hydrogens is 398 g/mol. The van der Waals surface area contributed by atoms with E-state index < -0.39 is 0 Å². The van der Waals surface area contributed by atoms with E-state index in [4.69, 9.17) is 0 Å². The lowest BCUT2D eigenvalue weighted by molar-refractivity contribution is 0.384. The SMILES string of the molecule is CCCCCCCc1ccc(C2CCC(C#Cc3ccc(CCCC)c(C#N)c3)CC2)cc1. The Kier molecular flexibility index (Phi) is 10.6. The van der Waals surface area contributed by atoms with Crippen molar-refractivity contribution in [1.29, 1.82) is 5.26 Å². The first-order valence-corrected chi connectivity index (χ1v) is 13.4. The zero-order valence-electron chi connectivity index (χ0n) is 20.8. The maximum atomic E-state index is 9.49. The van der Waals surface area contributed by atoms with Gasteiger partial charge < -0.3 is 0 Å². The molecule has 0 radical (unpaired) electrons. The van der Waals surface area contributed by atoms with Gasteiger partial charge in [-0.15, -0.1) is 0 Å². The summed E-state index contributed by atoms with van der Waals surface area (Å²) in [6.07, 6.45) is 16.1. The molecule has 1 aliphatic carbocycles. The zero-order chi connectivity index (χ0) is 23.3. The number of rotatable bonds is 10. The van der Waals surface area contributed by atoms with Crippen LogP contribution in [0.5, 0.6) is 0 Å².